The minimum absolute atomic E-state index is 0. The molecule has 36 heavy (non-hydrogen) atoms. The molecule has 0 amide bonds. The molecule has 1 aliphatic rings. The molecule has 0 saturated heterocycles. The lowest BCUT2D eigenvalue weighted by Gasteiger charge is -2.27. The lowest BCUT2D eigenvalue weighted by molar-refractivity contribution is 0.0696. The number of hydrogen-bond donors (Lipinski definition) is 3. The average Bonchev–Trinajstić information content (AvgIpc) is 2.82. The molecule has 3 N–H and O–H groups in total. The third kappa shape index (κ3) is 7.98. The van der Waals surface area contributed by atoms with Gasteiger partial charge in [0.05, 0.1) is 11.7 Å². The summed E-state index contributed by atoms with van der Waals surface area (Å²) in [5, 5.41) is 23.3. The SMILES string of the molecule is CN(C)c1cc(Oc2ccc3c(c2)C[C@@H](NC[C@@H](O)c2cccnc2)CC3)cc(C(=O)O)c1.Cl.Cl.Cl. The fourth-order valence-corrected chi connectivity index (χ4v) is 4.10. The van der Waals surface area contributed by atoms with Gasteiger partial charge in [-0.05, 0) is 60.7 Å². The monoisotopic (exact) mass is 555 g/mol. The Bertz CT molecular complexity index is 1130. The van der Waals surface area contributed by atoms with E-state index in [0.717, 1.165) is 30.5 Å². The van der Waals surface area contributed by atoms with Gasteiger partial charge in [-0.1, -0.05) is 12.1 Å². The number of carbonyl (C=O) groups is 1. The van der Waals surface area contributed by atoms with Crippen molar-refractivity contribution >= 4 is 48.9 Å². The number of aryl methyl sites for hydroxylation is 1. The van der Waals surface area contributed by atoms with Crippen molar-refractivity contribution in [3.63, 3.8) is 0 Å². The van der Waals surface area contributed by atoms with Crippen molar-refractivity contribution in [3.05, 3.63) is 83.2 Å². The van der Waals surface area contributed by atoms with E-state index in [0.29, 0.717) is 18.0 Å². The van der Waals surface area contributed by atoms with Crippen molar-refractivity contribution in [2.75, 3.05) is 25.5 Å². The van der Waals surface area contributed by atoms with Gasteiger partial charge in [-0.2, -0.15) is 0 Å². The number of pyridine rings is 1. The average molecular weight is 557 g/mol. The molecule has 1 aromatic heterocycles. The number of carboxylic acid groups (broad SMARTS) is 1. The second kappa shape index (κ2) is 14.3. The number of hydrogen-bond acceptors (Lipinski definition) is 6. The standard InChI is InChI=1S/C26H29N3O4.3ClH/c1-29(2)22-11-20(26(31)32)13-24(14-22)33-23-8-6-17-5-7-21(10-19(17)12-23)28-16-25(30)18-4-3-9-27-15-18;;;/h3-4,6,8-9,11-15,21,25,28,30H,5,7,10,16H2,1-2H3,(H,31,32);3*1H/t21-,25+;;;/m0.../s1. The van der Waals surface area contributed by atoms with Crippen LogP contribution < -0.4 is 15.0 Å². The van der Waals surface area contributed by atoms with Gasteiger partial charge in [0.2, 0.25) is 0 Å². The molecule has 2 aromatic carbocycles. The van der Waals surface area contributed by atoms with Crippen LogP contribution in [-0.2, 0) is 12.8 Å². The topological polar surface area (TPSA) is 94.9 Å². The van der Waals surface area contributed by atoms with Crippen LogP contribution in [0.15, 0.2) is 60.9 Å². The molecule has 196 valence electrons. The molecular formula is C26H32Cl3N3O4. The zero-order valence-electron chi connectivity index (χ0n) is 20.1. The quantitative estimate of drug-likeness (QED) is 0.356. The van der Waals surface area contributed by atoms with Gasteiger partial charge in [0.15, 0.2) is 0 Å². The third-order valence-corrected chi connectivity index (χ3v) is 5.97. The summed E-state index contributed by atoms with van der Waals surface area (Å²) in [7, 11) is 3.73. The van der Waals surface area contributed by atoms with E-state index in [1.165, 1.54) is 11.1 Å². The minimum Gasteiger partial charge on any atom is -0.478 e. The highest BCUT2D eigenvalue weighted by Crippen LogP contribution is 2.31. The Labute approximate surface area is 230 Å². The number of halogens is 3. The molecule has 0 unspecified atom stereocenters. The van der Waals surface area contributed by atoms with E-state index in [2.05, 4.69) is 16.4 Å². The maximum atomic E-state index is 11.5. The van der Waals surface area contributed by atoms with Gasteiger partial charge in [-0.25, -0.2) is 4.79 Å². The Morgan fingerprint density at radius 1 is 1.11 bits per heavy atom. The summed E-state index contributed by atoms with van der Waals surface area (Å²) in [6.07, 6.45) is 5.58. The molecular weight excluding hydrogens is 525 g/mol. The van der Waals surface area contributed by atoms with Gasteiger partial charge < -0.3 is 25.2 Å². The van der Waals surface area contributed by atoms with Crippen LogP contribution in [0.4, 0.5) is 5.69 Å². The molecule has 2 atom stereocenters. The van der Waals surface area contributed by atoms with Crippen molar-refractivity contribution in [2.45, 2.75) is 31.4 Å². The number of aliphatic hydroxyl groups is 1. The normalized spacial score (nSPS) is 14.7. The van der Waals surface area contributed by atoms with E-state index >= 15 is 0 Å². The van der Waals surface area contributed by atoms with Crippen molar-refractivity contribution in [2.24, 2.45) is 0 Å². The van der Waals surface area contributed by atoms with Crippen LogP contribution in [-0.4, -0.2) is 47.8 Å². The smallest absolute Gasteiger partial charge is 0.335 e. The van der Waals surface area contributed by atoms with Gasteiger partial charge >= 0.3 is 5.97 Å². The lowest BCUT2D eigenvalue weighted by atomic mass is 9.88. The maximum absolute atomic E-state index is 11.5. The molecule has 0 aliphatic heterocycles. The van der Waals surface area contributed by atoms with Crippen LogP contribution in [0.2, 0.25) is 0 Å². The zero-order valence-corrected chi connectivity index (χ0v) is 22.5. The van der Waals surface area contributed by atoms with E-state index in [-0.39, 0.29) is 48.8 Å². The molecule has 10 heteroatoms. The van der Waals surface area contributed by atoms with Crippen molar-refractivity contribution in [1.29, 1.82) is 0 Å². The second-order valence-electron chi connectivity index (χ2n) is 8.60. The first-order chi connectivity index (χ1) is 15.9. The number of aliphatic hydroxyl groups excluding tert-OH is 1. The number of rotatable bonds is 8. The summed E-state index contributed by atoms with van der Waals surface area (Å²) < 4.78 is 6.06. The van der Waals surface area contributed by atoms with Crippen LogP contribution in [0.3, 0.4) is 0 Å². The molecule has 0 fully saturated rings. The maximum Gasteiger partial charge on any atom is 0.335 e. The van der Waals surface area contributed by atoms with Crippen LogP contribution in [0.5, 0.6) is 11.5 Å². The number of nitrogens with zero attached hydrogens (tertiary/aromatic N) is 2. The zero-order chi connectivity index (χ0) is 23.4. The molecule has 1 heterocycles. The van der Waals surface area contributed by atoms with Crippen molar-refractivity contribution in [3.8, 4) is 11.5 Å². The Hall–Kier alpha value is -2.55. The molecule has 0 bridgehead atoms. The van der Waals surface area contributed by atoms with Gasteiger partial charge in [-0.3, -0.25) is 4.98 Å². The number of anilines is 1. The van der Waals surface area contributed by atoms with Crippen molar-refractivity contribution < 1.29 is 19.7 Å². The van der Waals surface area contributed by atoms with Crippen LogP contribution in [0.1, 0.15) is 39.6 Å². The largest absolute Gasteiger partial charge is 0.478 e. The molecule has 0 saturated carbocycles. The first kappa shape index (κ1) is 31.5. The fourth-order valence-electron chi connectivity index (χ4n) is 4.10. The third-order valence-electron chi connectivity index (χ3n) is 5.97. The number of fused-ring (bicyclic) bond motifs is 1. The van der Waals surface area contributed by atoms with Gasteiger partial charge in [0, 0.05) is 56.4 Å². The number of nitrogens with one attached hydrogen (secondary N) is 1. The van der Waals surface area contributed by atoms with E-state index in [4.69, 9.17) is 4.74 Å². The number of ether oxygens (including phenoxy) is 1. The van der Waals surface area contributed by atoms with Gasteiger partial charge in [-0.15, -0.1) is 37.2 Å². The molecule has 3 aromatic rings. The number of aromatic carboxylic acids is 1. The first-order valence-corrected chi connectivity index (χ1v) is 11.1. The number of benzene rings is 2. The van der Waals surface area contributed by atoms with Gasteiger partial charge in [0.1, 0.15) is 11.5 Å². The lowest BCUT2D eigenvalue weighted by Crippen LogP contribution is -2.37. The van der Waals surface area contributed by atoms with Crippen LogP contribution >= 0.6 is 37.2 Å². The minimum atomic E-state index is -0.989. The summed E-state index contributed by atoms with van der Waals surface area (Å²) in [6.45, 7) is 0.469. The number of carboxylic acids is 1. The first-order valence-electron chi connectivity index (χ1n) is 11.1. The summed E-state index contributed by atoms with van der Waals surface area (Å²) in [5.41, 5.74) is 4.25. The summed E-state index contributed by atoms with van der Waals surface area (Å²) in [6, 6.07) is 15.0. The van der Waals surface area contributed by atoms with Crippen molar-refractivity contribution in [1.82, 2.24) is 10.3 Å². The molecule has 1 aliphatic carbocycles. The highest BCUT2D eigenvalue weighted by molar-refractivity contribution is 5.89. The Balaban J connectivity index is 0.00000216. The summed E-state index contributed by atoms with van der Waals surface area (Å²) in [4.78, 5) is 17.4. The van der Waals surface area contributed by atoms with E-state index < -0.39 is 12.1 Å². The number of aromatic nitrogens is 1. The second-order valence-corrected chi connectivity index (χ2v) is 8.60. The molecule has 0 radical (unpaired) electrons. The molecule has 4 rings (SSSR count). The predicted molar refractivity (Wildman–Crippen MR) is 149 cm³/mol. The summed E-state index contributed by atoms with van der Waals surface area (Å²) in [5.74, 6) is 0.178. The fraction of sp³-hybridized carbons (Fsp3) is 0.308. The van der Waals surface area contributed by atoms with Gasteiger partial charge in [0.25, 0.3) is 0 Å². The van der Waals surface area contributed by atoms with E-state index in [1.54, 1.807) is 24.5 Å². The Kier molecular flexibility index (Phi) is 12.5. The van der Waals surface area contributed by atoms with Crippen LogP contribution in [0.25, 0.3) is 0 Å². The highest BCUT2D eigenvalue weighted by atomic mass is 35.5. The molecule has 7 nitrogen and oxygen atoms in total. The predicted octanol–water partition coefficient (Wildman–Crippen LogP) is 5.08. The van der Waals surface area contributed by atoms with E-state index in [1.807, 2.05) is 49.3 Å². The highest BCUT2D eigenvalue weighted by Gasteiger charge is 2.20. The van der Waals surface area contributed by atoms with Crippen LogP contribution in [0, 0.1) is 0 Å². The Morgan fingerprint density at radius 2 is 1.89 bits per heavy atom. The summed E-state index contributed by atoms with van der Waals surface area (Å²) >= 11 is 0. The van der Waals surface area contributed by atoms with E-state index in [9.17, 15) is 15.0 Å². The molecule has 0 spiro atoms. The Morgan fingerprint density at radius 3 is 2.56 bits per heavy atom.